The third-order valence-electron chi connectivity index (χ3n) is 5.29. The molecule has 1 aliphatic carbocycles. The molecule has 0 aliphatic heterocycles. The standard InChI is InChI=1S/C20H28N4O5/c1-23(9-10-25)18-15(22-20(27)16-7-8-21-24(16)2)12-17(19(18)26)29-14-6-4-5-13(11-14)28-3/h4-8,11,15,17-19,25-26H,9-10,12H2,1-3H3,(H,22,27)/t15-,17-,18+,19+/m1/s1. The van der Waals surface area contributed by atoms with E-state index in [4.69, 9.17) is 9.47 Å². The molecule has 1 aliphatic rings. The highest BCUT2D eigenvalue weighted by Gasteiger charge is 2.46. The quantitative estimate of drug-likeness (QED) is 0.570. The molecule has 1 amide bonds. The summed E-state index contributed by atoms with van der Waals surface area (Å²) in [5, 5.41) is 27.3. The number of aromatic nitrogens is 2. The van der Waals surface area contributed by atoms with Crippen LogP contribution in [0.1, 0.15) is 16.9 Å². The van der Waals surface area contributed by atoms with Crippen LogP contribution in [-0.4, -0.2) is 82.4 Å². The SMILES string of the molecule is COc1cccc(O[C@@H]2C[C@@H](NC(=O)c3ccnn3C)[C@H](N(C)CCO)[C@H]2O)c1. The van der Waals surface area contributed by atoms with E-state index in [1.807, 2.05) is 17.0 Å². The highest BCUT2D eigenvalue weighted by Crippen LogP contribution is 2.30. The summed E-state index contributed by atoms with van der Waals surface area (Å²) in [6, 6.07) is 8.04. The maximum atomic E-state index is 12.7. The van der Waals surface area contributed by atoms with E-state index < -0.39 is 18.2 Å². The van der Waals surface area contributed by atoms with E-state index in [2.05, 4.69) is 10.4 Å². The summed E-state index contributed by atoms with van der Waals surface area (Å²) in [7, 11) is 5.08. The van der Waals surface area contributed by atoms with Crippen LogP contribution in [0.25, 0.3) is 0 Å². The Morgan fingerprint density at radius 3 is 2.79 bits per heavy atom. The Bertz CT molecular complexity index is 827. The van der Waals surface area contributed by atoms with Gasteiger partial charge in [-0.1, -0.05) is 6.07 Å². The molecule has 1 aromatic heterocycles. The minimum Gasteiger partial charge on any atom is -0.497 e. The number of aliphatic hydroxyl groups excluding tert-OH is 2. The number of nitrogens with zero attached hydrogens (tertiary/aromatic N) is 3. The fourth-order valence-corrected chi connectivity index (χ4v) is 3.81. The molecule has 9 heteroatoms. The number of ether oxygens (including phenoxy) is 2. The molecule has 29 heavy (non-hydrogen) atoms. The van der Waals surface area contributed by atoms with Gasteiger partial charge in [-0.05, 0) is 25.2 Å². The van der Waals surface area contributed by atoms with Crippen LogP contribution >= 0.6 is 0 Å². The van der Waals surface area contributed by atoms with Crippen molar-refractivity contribution in [2.45, 2.75) is 30.7 Å². The first kappa shape index (κ1) is 21.1. The number of carbonyl (C=O) groups excluding carboxylic acids is 1. The van der Waals surface area contributed by atoms with Crippen LogP contribution in [-0.2, 0) is 7.05 Å². The lowest BCUT2D eigenvalue weighted by atomic mass is 10.1. The summed E-state index contributed by atoms with van der Waals surface area (Å²) >= 11 is 0. The van der Waals surface area contributed by atoms with Crippen LogP contribution in [0.4, 0.5) is 0 Å². The van der Waals surface area contributed by atoms with Crippen LogP contribution < -0.4 is 14.8 Å². The zero-order chi connectivity index (χ0) is 21.0. The molecule has 1 fully saturated rings. The molecule has 3 N–H and O–H groups in total. The molecule has 3 rings (SSSR count). The number of likely N-dealkylation sites (N-methyl/N-ethyl adjacent to an activating group) is 1. The third-order valence-corrected chi connectivity index (χ3v) is 5.29. The Morgan fingerprint density at radius 2 is 2.14 bits per heavy atom. The van der Waals surface area contributed by atoms with E-state index in [0.29, 0.717) is 30.2 Å². The Balaban J connectivity index is 1.77. The molecule has 0 radical (unpaired) electrons. The summed E-state index contributed by atoms with van der Waals surface area (Å²) in [6.07, 6.45) is 0.602. The molecule has 1 saturated carbocycles. The molecule has 9 nitrogen and oxygen atoms in total. The van der Waals surface area contributed by atoms with E-state index in [1.165, 1.54) is 4.68 Å². The van der Waals surface area contributed by atoms with E-state index >= 15 is 0 Å². The molecule has 0 spiro atoms. The van der Waals surface area contributed by atoms with Gasteiger partial charge >= 0.3 is 0 Å². The number of aryl methyl sites for hydroxylation is 1. The van der Waals surface area contributed by atoms with Crippen molar-refractivity contribution in [1.29, 1.82) is 0 Å². The molecule has 2 aromatic rings. The summed E-state index contributed by atoms with van der Waals surface area (Å²) in [4.78, 5) is 14.5. The maximum Gasteiger partial charge on any atom is 0.269 e. The van der Waals surface area contributed by atoms with Crippen molar-refractivity contribution in [3.8, 4) is 11.5 Å². The Morgan fingerprint density at radius 1 is 1.38 bits per heavy atom. The molecule has 0 saturated heterocycles. The zero-order valence-corrected chi connectivity index (χ0v) is 16.9. The van der Waals surface area contributed by atoms with Crippen molar-refractivity contribution < 1.29 is 24.5 Å². The van der Waals surface area contributed by atoms with Crippen LogP contribution in [0.15, 0.2) is 36.5 Å². The summed E-state index contributed by atoms with van der Waals surface area (Å²) in [6.45, 7) is 0.315. The predicted molar refractivity (Wildman–Crippen MR) is 106 cm³/mol. The first-order chi connectivity index (χ1) is 13.9. The van der Waals surface area contributed by atoms with Gasteiger partial charge in [-0.2, -0.15) is 5.10 Å². The molecule has 1 aromatic carbocycles. The summed E-state index contributed by atoms with van der Waals surface area (Å²) in [5.74, 6) is 0.965. The smallest absolute Gasteiger partial charge is 0.269 e. The highest BCUT2D eigenvalue weighted by molar-refractivity contribution is 5.92. The van der Waals surface area contributed by atoms with Gasteiger partial charge in [0, 0.05) is 32.3 Å². The van der Waals surface area contributed by atoms with Gasteiger partial charge in [-0.3, -0.25) is 14.4 Å². The molecule has 4 atom stereocenters. The van der Waals surface area contributed by atoms with Crippen LogP contribution in [0.5, 0.6) is 11.5 Å². The first-order valence-electron chi connectivity index (χ1n) is 9.53. The topological polar surface area (TPSA) is 109 Å². The molecular formula is C20H28N4O5. The fraction of sp³-hybridized carbons (Fsp3) is 0.500. The molecule has 0 bridgehead atoms. The van der Waals surface area contributed by atoms with Crippen LogP contribution in [0.2, 0.25) is 0 Å². The Kier molecular flexibility index (Phi) is 6.73. The average molecular weight is 404 g/mol. The van der Waals surface area contributed by atoms with E-state index in [9.17, 15) is 15.0 Å². The minimum absolute atomic E-state index is 0.0521. The van der Waals surface area contributed by atoms with Crippen molar-refractivity contribution >= 4 is 5.91 Å². The van der Waals surface area contributed by atoms with Gasteiger partial charge in [0.05, 0.1) is 25.8 Å². The summed E-state index contributed by atoms with van der Waals surface area (Å²) in [5.41, 5.74) is 0.431. The van der Waals surface area contributed by atoms with E-state index in [1.54, 1.807) is 45.6 Å². The molecule has 158 valence electrons. The number of amides is 1. The Labute approximate surface area is 169 Å². The average Bonchev–Trinajstić information content (AvgIpc) is 3.25. The van der Waals surface area contributed by atoms with Gasteiger partial charge in [0.25, 0.3) is 5.91 Å². The number of benzene rings is 1. The van der Waals surface area contributed by atoms with Gasteiger partial charge < -0.3 is 25.0 Å². The second-order valence-electron chi connectivity index (χ2n) is 7.18. The van der Waals surface area contributed by atoms with E-state index in [-0.39, 0.29) is 18.6 Å². The van der Waals surface area contributed by atoms with Crippen molar-refractivity contribution in [3.63, 3.8) is 0 Å². The van der Waals surface area contributed by atoms with Gasteiger partial charge in [0.15, 0.2) is 0 Å². The number of hydrogen-bond acceptors (Lipinski definition) is 7. The fourth-order valence-electron chi connectivity index (χ4n) is 3.81. The van der Waals surface area contributed by atoms with Crippen molar-refractivity contribution in [2.75, 3.05) is 27.3 Å². The van der Waals surface area contributed by atoms with Gasteiger partial charge in [0.2, 0.25) is 0 Å². The van der Waals surface area contributed by atoms with Crippen LogP contribution in [0.3, 0.4) is 0 Å². The van der Waals surface area contributed by atoms with Crippen molar-refractivity contribution in [2.24, 2.45) is 7.05 Å². The normalized spacial score (nSPS) is 23.9. The lowest BCUT2D eigenvalue weighted by Crippen LogP contribution is -2.53. The third kappa shape index (κ3) is 4.69. The molecule has 1 heterocycles. The van der Waals surface area contributed by atoms with Crippen molar-refractivity contribution in [1.82, 2.24) is 20.0 Å². The second kappa shape index (κ2) is 9.25. The molecular weight excluding hydrogens is 376 g/mol. The van der Waals surface area contributed by atoms with E-state index in [0.717, 1.165) is 0 Å². The first-order valence-corrected chi connectivity index (χ1v) is 9.53. The number of rotatable bonds is 8. The molecule has 0 unspecified atom stereocenters. The lowest BCUT2D eigenvalue weighted by Gasteiger charge is -2.31. The number of nitrogens with one attached hydrogen (secondary N) is 1. The van der Waals surface area contributed by atoms with Crippen molar-refractivity contribution in [3.05, 3.63) is 42.2 Å². The zero-order valence-electron chi connectivity index (χ0n) is 16.9. The number of methoxy groups -OCH3 is 1. The second-order valence-corrected chi connectivity index (χ2v) is 7.18. The monoisotopic (exact) mass is 404 g/mol. The largest absolute Gasteiger partial charge is 0.497 e. The number of aliphatic hydroxyl groups is 2. The van der Waals surface area contributed by atoms with Crippen LogP contribution in [0, 0.1) is 0 Å². The number of hydrogen-bond donors (Lipinski definition) is 3. The maximum absolute atomic E-state index is 12.7. The minimum atomic E-state index is -0.852. The lowest BCUT2D eigenvalue weighted by molar-refractivity contribution is 0.0109. The Hall–Kier alpha value is -2.62. The number of carbonyl (C=O) groups is 1. The highest BCUT2D eigenvalue weighted by atomic mass is 16.5. The summed E-state index contributed by atoms with van der Waals surface area (Å²) < 4.78 is 12.7. The van der Waals surface area contributed by atoms with Gasteiger partial charge in [-0.15, -0.1) is 0 Å². The van der Waals surface area contributed by atoms with Gasteiger partial charge in [-0.25, -0.2) is 0 Å². The predicted octanol–water partition coefficient (Wildman–Crippen LogP) is 0.0320. The van der Waals surface area contributed by atoms with Gasteiger partial charge in [0.1, 0.15) is 29.4 Å².